The van der Waals surface area contributed by atoms with E-state index in [1.807, 2.05) is 71.8 Å². The van der Waals surface area contributed by atoms with E-state index < -0.39 is 24.9 Å². The quantitative estimate of drug-likeness (QED) is 0.329. The third-order valence-electron chi connectivity index (χ3n) is 7.13. The number of benzene rings is 2. The van der Waals surface area contributed by atoms with Crippen LogP contribution in [0.1, 0.15) is 63.3 Å². The maximum atomic E-state index is 13.4. The highest BCUT2D eigenvalue weighted by atomic mass is 19.3. The van der Waals surface area contributed by atoms with E-state index in [0.29, 0.717) is 29.6 Å². The molecule has 7 nitrogen and oxygen atoms in total. The third kappa shape index (κ3) is 4.53. The van der Waals surface area contributed by atoms with Crippen molar-refractivity contribution in [2.45, 2.75) is 64.9 Å². The summed E-state index contributed by atoms with van der Waals surface area (Å²) in [5.74, 6) is 0.502. The lowest BCUT2D eigenvalue weighted by Gasteiger charge is -2.32. The molecule has 3 aromatic rings. The average Bonchev–Trinajstić information content (AvgIpc) is 3.25. The van der Waals surface area contributed by atoms with Gasteiger partial charge in [0, 0.05) is 5.56 Å². The number of alkyl halides is 2. The number of hydrogen-bond donors (Lipinski definition) is 0. The molecule has 0 unspecified atom stereocenters. The van der Waals surface area contributed by atoms with Gasteiger partial charge in [-0.1, -0.05) is 19.1 Å². The summed E-state index contributed by atoms with van der Waals surface area (Å²) in [5, 5.41) is 0. The zero-order valence-corrected chi connectivity index (χ0v) is 21.7. The zero-order valence-electron chi connectivity index (χ0n) is 21.7. The van der Waals surface area contributed by atoms with E-state index >= 15 is 0 Å². The number of halogens is 2. The average molecular weight is 499 g/mol. The second-order valence-corrected chi connectivity index (χ2v) is 10.2. The summed E-state index contributed by atoms with van der Waals surface area (Å²) >= 11 is 0. The van der Waals surface area contributed by atoms with Gasteiger partial charge in [0.15, 0.2) is 12.0 Å². The van der Waals surface area contributed by atoms with Crippen molar-refractivity contribution in [2.24, 2.45) is 0 Å². The third-order valence-corrected chi connectivity index (χ3v) is 7.13. The smallest absolute Gasteiger partial charge is 0.433 e. The zero-order chi connectivity index (χ0) is 26.4. The van der Waals surface area contributed by atoms with Gasteiger partial charge in [-0.25, -0.2) is 4.98 Å². The lowest BCUT2D eigenvalue weighted by molar-refractivity contribution is -0.0498. The Bertz CT molecular complexity index is 1260. The van der Waals surface area contributed by atoms with Crippen LogP contribution in [0.2, 0.25) is 0 Å². The van der Waals surface area contributed by atoms with E-state index in [9.17, 15) is 13.6 Å². The number of hydrogen-bond acceptors (Lipinski definition) is 6. The van der Waals surface area contributed by atoms with Gasteiger partial charge in [-0.05, 0) is 77.9 Å². The number of rotatable bonds is 8. The van der Waals surface area contributed by atoms with Crippen molar-refractivity contribution in [3.63, 3.8) is 0 Å². The molecule has 0 radical (unpaired) electrons. The van der Waals surface area contributed by atoms with Crippen molar-refractivity contribution >= 4 is 29.9 Å². The van der Waals surface area contributed by atoms with Crippen LogP contribution in [0.3, 0.4) is 0 Å². The number of para-hydroxylation sites is 1. The Labute approximate surface area is 210 Å². The Morgan fingerprint density at radius 1 is 1.14 bits per heavy atom. The van der Waals surface area contributed by atoms with Crippen molar-refractivity contribution in [1.29, 1.82) is 0 Å². The standard InChI is InChI=1S/C26H32BF2N3O4/c1-8-19(31(6)7)23-30-18-13-12-17(27-35-25(2,3)26(4,5)36-27)14-20(18)32(23)22-16(15-33)10-9-11-21(22)34-24(28)29/h9-15,19,24H,8H2,1-7H3/t19-/m1/s1. The van der Waals surface area contributed by atoms with Gasteiger partial charge in [0.25, 0.3) is 0 Å². The molecular formula is C26H32BF2N3O4. The van der Waals surface area contributed by atoms with Crippen LogP contribution in [0.5, 0.6) is 5.75 Å². The minimum absolute atomic E-state index is 0.107. The van der Waals surface area contributed by atoms with Crippen LogP contribution in [-0.4, -0.2) is 59.8 Å². The molecule has 0 amide bonds. The van der Waals surface area contributed by atoms with Crippen molar-refractivity contribution in [2.75, 3.05) is 14.1 Å². The van der Waals surface area contributed by atoms with E-state index in [1.54, 1.807) is 10.6 Å². The van der Waals surface area contributed by atoms with E-state index in [4.69, 9.17) is 19.0 Å². The second-order valence-electron chi connectivity index (χ2n) is 10.2. The molecule has 0 aliphatic carbocycles. The predicted octanol–water partition coefficient (Wildman–Crippen LogP) is 4.75. The van der Waals surface area contributed by atoms with Gasteiger partial charge >= 0.3 is 13.7 Å². The SMILES string of the molecule is CC[C@H](c1nc2ccc(B3OC(C)(C)C(C)(C)O3)cc2n1-c1c(C=O)cccc1OC(F)F)N(C)C. The Morgan fingerprint density at radius 3 is 2.36 bits per heavy atom. The van der Waals surface area contributed by atoms with Crippen molar-refractivity contribution < 1.29 is 27.6 Å². The lowest BCUT2D eigenvalue weighted by Crippen LogP contribution is -2.41. The van der Waals surface area contributed by atoms with Gasteiger partial charge in [0.2, 0.25) is 0 Å². The van der Waals surface area contributed by atoms with Crippen molar-refractivity contribution in [1.82, 2.24) is 14.5 Å². The molecule has 1 saturated heterocycles. The summed E-state index contributed by atoms with van der Waals surface area (Å²) in [7, 11) is 3.23. The largest absolute Gasteiger partial charge is 0.494 e. The fourth-order valence-corrected chi connectivity index (χ4v) is 4.54. The van der Waals surface area contributed by atoms with Crippen LogP contribution in [0.25, 0.3) is 16.7 Å². The molecule has 1 aliphatic rings. The molecule has 4 rings (SSSR count). The van der Waals surface area contributed by atoms with Crippen LogP contribution in [-0.2, 0) is 9.31 Å². The maximum absolute atomic E-state index is 13.4. The summed E-state index contributed by atoms with van der Waals surface area (Å²) in [6, 6.07) is 9.99. The summed E-state index contributed by atoms with van der Waals surface area (Å²) in [5.41, 5.74) is 1.41. The minimum Gasteiger partial charge on any atom is -0.433 e. The van der Waals surface area contributed by atoms with Crippen LogP contribution >= 0.6 is 0 Å². The number of nitrogens with zero attached hydrogens (tertiary/aromatic N) is 3. The number of fused-ring (bicyclic) bond motifs is 1. The Hall–Kier alpha value is -2.82. The highest BCUT2D eigenvalue weighted by molar-refractivity contribution is 6.62. The lowest BCUT2D eigenvalue weighted by atomic mass is 9.79. The molecule has 1 aliphatic heterocycles. The van der Waals surface area contributed by atoms with Gasteiger partial charge in [-0.3, -0.25) is 14.3 Å². The molecular weight excluding hydrogens is 467 g/mol. The van der Waals surface area contributed by atoms with Gasteiger partial charge in [0.1, 0.15) is 11.5 Å². The topological polar surface area (TPSA) is 65.8 Å². The molecule has 0 bridgehead atoms. The molecule has 1 aromatic heterocycles. The predicted molar refractivity (Wildman–Crippen MR) is 136 cm³/mol. The number of aromatic nitrogens is 2. The molecule has 192 valence electrons. The second kappa shape index (κ2) is 9.57. The Kier molecular flexibility index (Phi) is 6.98. The molecule has 2 aromatic carbocycles. The van der Waals surface area contributed by atoms with E-state index in [2.05, 4.69) is 0 Å². The van der Waals surface area contributed by atoms with Crippen LogP contribution in [0.15, 0.2) is 36.4 Å². The molecule has 0 spiro atoms. The van der Waals surface area contributed by atoms with Gasteiger partial charge in [-0.2, -0.15) is 8.78 Å². The molecule has 10 heteroatoms. The number of carbonyl (C=O) groups is 1. The van der Waals surface area contributed by atoms with Gasteiger partial charge < -0.3 is 14.0 Å². The fourth-order valence-electron chi connectivity index (χ4n) is 4.54. The van der Waals surface area contributed by atoms with Crippen LogP contribution in [0.4, 0.5) is 8.78 Å². The number of ether oxygens (including phenoxy) is 1. The minimum atomic E-state index is -3.06. The van der Waals surface area contributed by atoms with Crippen LogP contribution in [0, 0.1) is 0 Å². The normalized spacial score (nSPS) is 17.8. The van der Waals surface area contributed by atoms with Crippen molar-refractivity contribution in [3.8, 4) is 11.4 Å². The molecule has 1 fully saturated rings. The van der Waals surface area contributed by atoms with Crippen molar-refractivity contribution in [3.05, 3.63) is 47.8 Å². The summed E-state index contributed by atoms with van der Waals surface area (Å²) in [6.07, 6.45) is 1.34. The van der Waals surface area contributed by atoms with Gasteiger partial charge in [0.05, 0.1) is 28.3 Å². The van der Waals surface area contributed by atoms with Gasteiger partial charge in [-0.15, -0.1) is 0 Å². The maximum Gasteiger partial charge on any atom is 0.494 e. The summed E-state index contributed by atoms with van der Waals surface area (Å²) in [6.45, 7) is 6.87. The first-order valence-corrected chi connectivity index (χ1v) is 12.0. The molecule has 0 saturated carbocycles. The molecule has 1 atom stereocenters. The molecule has 2 heterocycles. The van der Waals surface area contributed by atoms with E-state index in [-0.39, 0.29) is 23.0 Å². The molecule has 0 N–H and O–H groups in total. The first kappa shape index (κ1) is 26.3. The number of imidazole rings is 1. The fraction of sp³-hybridized carbons (Fsp3) is 0.462. The monoisotopic (exact) mass is 499 g/mol. The highest BCUT2D eigenvalue weighted by Gasteiger charge is 2.51. The Morgan fingerprint density at radius 2 is 1.81 bits per heavy atom. The summed E-state index contributed by atoms with van der Waals surface area (Å²) in [4.78, 5) is 19.0. The summed E-state index contributed by atoms with van der Waals surface area (Å²) < 4.78 is 45.9. The number of carbonyl (C=O) groups excluding carboxylic acids is 1. The first-order valence-electron chi connectivity index (χ1n) is 12.0. The van der Waals surface area contributed by atoms with E-state index in [1.165, 1.54) is 12.1 Å². The Balaban J connectivity index is 2.00. The number of aldehydes is 1. The molecule has 36 heavy (non-hydrogen) atoms. The van der Waals surface area contributed by atoms with E-state index in [0.717, 1.165) is 5.46 Å². The highest BCUT2D eigenvalue weighted by Crippen LogP contribution is 2.38. The first-order chi connectivity index (χ1) is 16.9. The van der Waals surface area contributed by atoms with Crippen LogP contribution < -0.4 is 10.2 Å².